The number of aliphatic hydroxyl groups is 4. The molecule has 1 aromatic heterocycles. The number of aliphatic carboxylic acids is 1. The Morgan fingerprint density at radius 2 is 1.39 bits per heavy atom. The first-order valence-electron chi connectivity index (χ1n) is 22.8. The van der Waals surface area contributed by atoms with Crippen LogP contribution < -0.4 is 15.4 Å². The lowest BCUT2D eigenvalue weighted by Crippen LogP contribution is -2.68. The number of aliphatic hydroxyl groups excluding tert-OH is 4. The third-order valence-electron chi connectivity index (χ3n) is 10.8. The van der Waals surface area contributed by atoms with Gasteiger partial charge >= 0.3 is 11.9 Å². The van der Waals surface area contributed by atoms with Crippen LogP contribution in [0.15, 0.2) is 30.5 Å². The van der Waals surface area contributed by atoms with E-state index in [2.05, 4.69) is 25.7 Å². The molecule has 6 atom stereocenters. The van der Waals surface area contributed by atoms with Crippen molar-refractivity contribution in [3.63, 3.8) is 0 Å². The molecule has 1 fully saturated rings. The van der Waals surface area contributed by atoms with Crippen LogP contribution in [0.25, 0.3) is 11.3 Å². The van der Waals surface area contributed by atoms with E-state index < -0.39 is 121 Å². The second-order valence-corrected chi connectivity index (χ2v) is 16.1. The minimum Gasteiger partial charge on any atom is -0.477 e. The number of hydrogen-bond donors (Lipinski definition) is 7. The highest BCUT2D eigenvalue weighted by molar-refractivity contribution is 5.79. The van der Waals surface area contributed by atoms with E-state index in [1.54, 1.807) is 42.3 Å². The average molecular weight is 1040 g/mol. The van der Waals surface area contributed by atoms with E-state index in [4.69, 9.17) is 33.2 Å². The molecule has 402 valence electrons. The minimum absolute atomic E-state index is 0.0245. The lowest BCUT2D eigenvalue weighted by Gasteiger charge is -2.46. The van der Waals surface area contributed by atoms with E-state index in [1.165, 1.54) is 0 Å². The highest BCUT2D eigenvalue weighted by Gasteiger charge is 2.55. The van der Waals surface area contributed by atoms with Crippen molar-refractivity contribution >= 4 is 23.8 Å². The SMILES string of the molecule is COCCCCCCOC1(C(=O)O)CC(O)C(NC(=O)CO)C([C@H](O)[C@H](O)CNC(=O)Cc2ccc(-c3cn(CCOCCOCCOCCOCCC(=O)Oc4c(F)c(F)c(F)c(F)c4F)nn3)cc2)O1. The van der Waals surface area contributed by atoms with Crippen molar-refractivity contribution < 1.29 is 105 Å². The number of carbonyl (C=O) groups excluding carboxylic acids is 3. The maximum atomic E-state index is 13.6. The number of ether oxygens (including phenoxy) is 8. The zero-order valence-electron chi connectivity index (χ0n) is 39.3. The van der Waals surface area contributed by atoms with Crippen LogP contribution in [0, 0.1) is 29.1 Å². The van der Waals surface area contributed by atoms with E-state index in [-0.39, 0.29) is 59.3 Å². The van der Waals surface area contributed by atoms with Gasteiger partial charge in [-0.25, -0.2) is 22.6 Å². The van der Waals surface area contributed by atoms with Crippen LogP contribution in [0.5, 0.6) is 5.75 Å². The topological polar surface area (TPSA) is 298 Å². The van der Waals surface area contributed by atoms with Gasteiger partial charge in [-0.1, -0.05) is 42.3 Å². The summed E-state index contributed by atoms with van der Waals surface area (Å²) in [5.41, 5.74) is 1.83. The van der Waals surface area contributed by atoms with Crippen molar-refractivity contribution in [2.24, 2.45) is 0 Å². The number of carbonyl (C=O) groups is 4. The number of nitrogens with one attached hydrogen (secondary N) is 2. The predicted molar refractivity (Wildman–Crippen MR) is 235 cm³/mol. The summed E-state index contributed by atoms with van der Waals surface area (Å²) in [6, 6.07) is 5.36. The van der Waals surface area contributed by atoms with Gasteiger partial charge in [0.15, 0.2) is 0 Å². The molecule has 0 saturated carbocycles. The summed E-state index contributed by atoms with van der Waals surface area (Å²) in [5.74, 6) is -19.9. The Kier molecular flexibility index (Phi) is 25.2. The number of carboxylic acids is 1. The van der Waals surface area contributed by atoms with Crippen molar-refractivity contribution in [3.05, 3.63) is 65.1 Å². The Morgan fingerprint density at radius 3 is 1.99 bits per heavy atom. The number of aromatic nitrogens is 3. The van der Waals surface area contributed by atoms with Gasteiger partial charge in [0.05, 0.1) is 103 Å². The lowest BCUT2D eigenvalue weighted by molar-refractivity contribution is -0.310. The van der Waals surface area contributed by atoms with Crippen LogP contribution in [-0.4, -0.2) is 187 Å². The minimum atomic E-state index is -2.45. The molecule has 0 aliphatic carbocycles. The van der Waals surface area contributed by atoms with Gasteiger partial charge < -0.3 is 74.1 Å². The highest BCUT2D eigenvalue weighted by Crippen LogP contribution is 2.34. The Balaban J connectivity index is 1.09. The van der Waals surface area contributed by atoms with Crippen LogP contribution in [-0.2, 0) is 65.3 Å². The summed E-state index contributed by atoms with van der Waals surface area (Å²) in [5, 5.41) is 65.6. The molecular formula is C45H60F5N5O17. The number of carboxylic acid groups (broad SMARTS) is 1. The van der Waals surface area contributed by atoms with Crippen LogP contribution >= 0.6 is 0 Å². The third kappa shape index (κ3) is 18.3. The van der Waals surface area contributed by atoms with Crippen molar-refractivity contribution in [1.29, 1.82) is 0 Å². The summed E-state index contributed by atoms with van der Waals surface area (Å²) >= 11 is 0. The van der Waals surface area contributed by atoms with E-state index >= 15 is 0 Å². The first-order valence-corrected chi connectivity index (χ1v) is 22.8. The molecule has 2 aromatic carbocycles. The molecule has 0 spiro atoms. The van der Waals surface area contributed by atoms with Crippen LogP contribution in [0.3, 0.4) is 0 Å². The predicted octanol–water partition coefficient (Wildman–Crippen LogP) is 0.714. The van der Waals surface area contributed by atoms with E-state index in [1.807, 2.05) is 0 Å². The second-order valence-electron chi connectivity index (χ2n) is 16.1. The summed E-state index contributed by atoms with van der Waals surface area (Å²) < 4.78 is 111. The van der Waals surface area contributed by atoms with Gasteiger partial charge in [0, 0.05) is 32.2 Å². The molecule has 0 radical (unpaired) electrons. The van der Waals surface area contributed by atoms with Gasteiger partial charge in [0.1, 0.15) is 24.5 Å². The number of unbranched alkanes of at least 4 members (excludes halogenated alkanes) is 3. The molecule has 2 heterocycles. The van der Waals surface area contributed by atoms with Gasteiger partial charge in [0.25, 0.3) is 5.79 Å². The molecule has 0 bridgehead atoms. The number of esters is 1. The van der Waals surface area contributed by atoms with Crippen LogP contribution in [0.1, 0.15) is 44.1 Å². The summed E-state index contributed by atoms with van der Waals surface area (Å²) in [4.78, 5) is 49.2. The van der Waals surface area contributed by atoms with Gasteiger partial charge in [-0.15, -0.1) is 5.10 Å². The van der Waals surface area contributed by atoms with E-state index in [0.717, 1.165) is 12.8 Å². The molecule has 72 heavy (non-hydrogen) atoms. The first-order chi connectivity index (χ1) is 34.5. The summed E-state index contributed by atoms with van der Waals surface area (Å²) in [6.07, 6.45) is -4.06. The molecule has 7 N–H and O–H groups in total. The number of hydrogen-bond acceptors (Lipinski definition) is 18. The molecular weight excluding hydrogens is 978 g/mol. The second kappa shape index (κ2) is 30.6. The average Bonchev–Trinajstić information content (AvgIpc) is 3.85. The number of benzene rings is 2. The highest BCUT2D eigenvalue weighted by atomic mass is 19.2. The van der Waals surface area contributed by atoms with E-state index in [0.29, 0.717) is 49.4 Å². The van der Waals surface area contributed by atoms with Crippen LogP contribution in [0.4, 0.5) is 22.0 Å². The fourth-order valence-electron chi connectivity index (χ4n) is 6.94. The number of halogens is 5. The first kappa shape index (κ1) is 59.2. The zero-order chi connectivity index (χ0) is 52.6. The van der Waals surface area contributed by atoms with Gasteiger partial charge in [0.2, 0.25) is 46.6 Å². The molecule has 1 aliphatic heterocycles. The monoisotopic (exact) mass is 1040 g/mol. The van der Waals surface area contributed by atoms with Gasteiger partial charge in [-0.2, -0.15) is 8.78 Å². The molecule has 27 heteroatoms. The third-order valence-corrected chi connectivity index (χ3v) is 10.8. The standard InChI is InChI=1S/C45H60F5N5O17/c1-65-12-4-2-3-5-13-70-45(44(63)64)23-30(57)40(52-33(60)26-56)43(72-45)41(62)31(58)24-51-32(59)22-27-6-8-28(9-7-27)29-25-55(54-53-29)11-15-67-17-19-69-21-20-68-18-16-66-14-10-34(61)71-42-38(49)36(47)35(46)37(48)39(42)50/h6-9,25,30-31,40-41,43,56-58,62H,2-5,10-24,26H2,1H3,(H,51,59)(H,52,60)(H,63,64)/t30?,31-,40?,41-,43?,45?/m1/s1. The number of rotatable bonds is 34. The Hall–Kier alpha value is -5.33. The largest absolute Gasteiger partial charge is 0.477 e. The Morgan fingerprint density at radius 1 is 0.806 bits per heavy atom. The lowest BCUT2D eigenvalue weighted by atomic mass is 9.88. The Labute approximate surface area is 409 Å². The molecule has 1 aliphatic rings. The molecule has 2 amide bonds. The van der Waals surface area contributed by atoms with Crippen molar-refractivity contribution in [3.8, 4) is 17.0 Å². The van der Waals surface area contributed by atoms with Crippen molar-refractivity contribution in [2.45, 2.75) is 87.7 Å². The summed E-state index contributed by atoms with van der Waals surface area (Å²) in [6.45, 7) is 0.437. The Bertz CT molecular complexity index is 2150. The molecule has 22 nitrogen and oxygen atoms in total. The fraction of sp³-hybridized carbons (Fsp3) is 0.600. The maximum absolute atomic E-state index is 13.6. The van der Waals surface area contributed by atoms with Gasteiger partial charge in [-0.3, -0.25) is 14.4 Å². The van der Waals surface area contributed by atoms with Crippen molar-refractivity contribution in [2.75, 3.05) is 86.3 Å². The van der Waals surface area contributed by atoms with Crippen LogP contribution in [0.2, 0.25) is 0 Å². The number of nitrogens with zero attached hydrogens (tertiary/aromatic N) is 3. The van der Waals surface area contributed by atoms with E-state index in [9.17, 15) is 66.7 Å². The normalized spacial score (nSPS) is 18.7. The van der Waals surface area contributed by atoms with Gasteiger partial charge in [-0.05, 0) is 18.4 Å². The number of methoxy groups -OCH3 is 1. The maximum Gasteiger partial charge on any atom is 0.364 e. The smallest absolute Gasteiger partial charge is 0.364 e. The molecule has 3 aromatic rings. The molecule has 4 rings (SSSR count). The zero-order valence-corrected chi connectivity index (χ0v) is 39.3. The molecule has 1 saturated heterocycles. The summed E-state index contributed by atoms with van der Waals surface area (Å²) in [7, 11) is 1.58. The number of amides is 2. The molecule has 4 unspecified atom stereocenters. The quantitative estimate of drug-likeness (QED) is 0.0108. The fourth-order valence-corrected chi connectivity index (χ4v) is 6.94. The van der Waals surface area contributed by atoms with Crippen molar-refractivity contribution in [1.82, 2.24) is 25.6 Å².